The van der Waals surface area contributed by atoms with E-state index >= 15 is 0 Å². The van der Waals surface area contributed by atoms with Crippen molar-refractivity contribution in [3.8, 4) is 0 Å². The first kappa shape index (κ1) is 21.0. The second-order valence-electron chi connectivity index (χ2n) is 6.71. The van der Waals surface area contributed by atoms with Gasteiger partial charge in [-0.2, -0.15) is 0 Å². The van der Waals surface area contributed by atoms with E-state index in [1.165, 1.54) is 18.2 Å². The van der Waals surface area contributed by atoms with Crippen LogP contribution in [0, 0.1) is 5.82 Å². The van der Waals surface area contributed by atoms with E-state index in [9.17, 15) is 17.6 Å². The van der Waals surface area contributed by atoms with Crippen molar-refractivity contribution in [3.63, 3.8) is 0 Å². The Morgan fingerprint density at radius 3 is 2.29 bits per heavy atom. The zero-order valence-electron chi connectivity index (χ0n) is 14.8. The molecule has 0 unspecified atom stereocenters. The van der Waals surface area contributed by atoms with Crippen LogP contribution in [-0.4, -0.2) is 20.4 Å². The Kier molecular flexibility index (Phi) is 6.60. The maximum absolute atomic E-state index is 14.2. The smallest absolute Gasteiger partial charge is 0.258 e. The lowest BCUT2D eigenvalue weighted by Gasteiger charge is -2.22. The molecule has 5 nitrogen and oxygen atoms in total. The molecule has 0 aromatic heterocycles. The number of halogens is 3. The quantitative estimate of drug-likeness (QED) is 0.681. The molecular formula is C19H19Cl2FN2O3S. The summed E-state index contributed by atoms with van der Waals surface area (Å²) >= 11 is 11.8. The van der Waals surface area contributed by atoms with E-state index in [1.807, 2.05) is 0 Å². The van der Waals surface area contributed by atoms with Gasteiger partial charge in [-0.05, 0) is 49.2 Å². The number of nitrogens with one attached hydrogen (secondary N) is 2. The zero-order valence-corrected chi connectivity index (χ0v) is 17.2. The second-order valence-corrected chi connectivity index (χ2v) is 9.30. The van der Waals surface area contributed by atoms with E-state index in [2.05, 4.69) is 10.0 Å². The van der Waals surface area contributed by atoms with Crippen LogP contribution in [0.15, 0.2) is 41.3 Å². The van der Waals surface area contributed by atoms with Gasteiger partial charge in [0.15, 0.2) is 0 Å². The number of anilines is 1. The minimum atomic E-state index is -3.86. The van der Waals surface area contributed by atoms with Gasteiger partial charge >= 0.3 is 0 Å². The third-order valence-corrected chi connectivity index (χ3v) is 6.49. The Morgan fingerprint density at radius 1 is 1.00 bits per heavy atom. The van der Waals surface area contributed by atoms with E-state index in [0.717, 1.165) is 50.3 Å². The molecule has 0 atom stereocenters. The third kappa shape index (κ3) is 5.23. The lowest BCUT2D eigenvalue weighted by atomic mass is 9.96. The first-order valence-electron chi connectivity index (χ1n) is 8.84. The van der Waals surface area contributed by atoms with Gasteiger partial charge in [-0.15, -0.1) is 0 Å². The van der Waals surface area contributed by atoms with Crippen molar-refractivity contribution in [2.45, 2.75) is 43.0 Å². The van der Waals surface area contributed by atoms with Crippen LogP contribution in [0.1, 0.15) is 42.5 Å². The highest BCUT2D eigenvalue weighted by molar-refractivity contribution is 7.89. The third-order valence-electron chi connectivity index (χ3n) is 4.54. The molecule has 150 valence electrons. The summed E-state index contributed by atoms with van der Waals surface area (Å²) in [5.74, 6) is -1.63. The number of carbonyl (C=O) groups excluding carboxylic acids is 1. The van der Waals surface area contributed by atoms with Crippen molar-refractivity contribution in [2.24, 2.45) is 0 Å². The molecule has 0 bridgehead atoms. The predicted molar refractivity (Wildman–Crippen MR) is 108 cm³/mol. The minimum Gasteiger partial charge on any atom is -0.322 e. The minimum absolute atomic E-state index is 0.144. The highest BCUT2D eigenvalue weighted by Crippen LogP contribution is 2.24. The van der Waals surface area contributed by atoms with Crippen LogP contribution in [0.5, 0.6) is 0 Å². The second kappa shape index (κ2) is 8.78. The number of rotatable bonds is 5. The summed E-state index contributed by atoms with van der Waals surface area (Å²) in [6.07, 6.45) is 4.55. The Balaban J connectivity index is 1.83. The molecule has 9 heteroatoms. The van der Waals surface area contributed by atoms with Gasteiger partial charge in [0.05, 0.1) is 10.5 Å². The van der Waals surface area contributed by atoms with E-state index in [-0.39, 0.29) is 22.2 Å². The predicted octanol–water partition coefficient (Wildman–Crippen LogP) is 5.00. The first-order chi connectivity index (χ1) is 13.2. The fourth-order valence-electron chi connectivity index (χ4n) is 3.18. The van der Waals surface area contributed by atoms with Crippen molar-refractivity contribution in [3.05, 3.63) is 57.8 Å². The molecule has 0 heterocycles. The van der Waals surface area contributed by atoms with E-state index in [0.29, 0.717) is 10.0 Å². The van der Waals surface area contributed by atoms with Crippen molar-refractivity contribution in [2.75, 3.05) is 5.32 Å². The van der Waals surface area contributed by atoms with Crippen LogP contribution in [0.2, 0.25) is 10.0 Å². The molecule has 1 amide bonds. The summed E-state index contributed by atoms with van der Waals surface area (Å²) in [5.41, 5.74) is -0.113. The standard InChI is InChI=1S/C19H19Cl2FN2O3S/c20-12-8-13(21)10-15(9-12)23-19(25)17-11-16(6-7-18(17)22)28(26,27)24-14-4-2-1-3-5-14/h6-11,14,24H,1-5H2,(H,23,25). The van der Waals surface area contributed by atoms with Crippen molar-refractivity contribution >= 4 is 44.8 Å². The van der Waals surface area contributed by atoms with Crippen LogP contribution < -0.4 is 10.0 Å². The van der Waals surface area contributed by atoms with E-state index in [1.54, 1.807) is 0 Å². The van der Waals surface area contributed by atoms with Gasteiger partial charge in [0, 0.05) is 21.8 Å². The molecule has 0 spiro atoms. The van der Waals surface area contributed by atoms with Gasteiger partial charge < -0.3 is 5.32 Å². The van der Waals surface area contributed by atoms with Crippen LogP contribution in [0.4, 0.5) is 10.1 Å². The van der Waals surface area contributed by atoms with Crippen molar-refractivity contribution in [1.82, 2.24) is 4.72 Å². The molecule has 0 aliphatic heterocycles. The Hall–Kier alpha value is -1.67. The first-order valence-corrected chi connectivity index (χ1v) is 11.1. The number of hydrogen-bond acceptors (Lipinski definition) is 3. The highest BCUT2D eigenvalue weighted by atomic mass is 35.5. The Morgan fingerprint density at radius 2 is 1.64 bits per heavy atom. The largest absolute Gasteiger partial charge is 0.322 e. The maximum Gasteiger partial charge on any atom is 0.258 e. The fourth-order valence-corrected chi connectivity index (χ4v) is 5.03. The summed E-state index contributed by atoms with van der Waals surface area (Å²) < 4.78 is 42.1. The number of carbonyl (C=O) groups is 1. The van der Waals surface area contributed by atoms with Crippen LogP contribution in [0.25, 0.3) is 0 Å². The van der Waals surface area contributed by atoms with E-state index < -0.39 is 21.7 Å². The van der Waals surface area contributed by atoms with Gasteiger partial charge in [0.1, 0.15) is 5.82 Å². The molecule has 1 saturated carbocycles. The van der Waals surface area contributed by atoms with Gasteiger partial charge in [0.2, 0.25) is 10.0 Å². The monoisotopic (exact) mass is 444 g/mol. The van der Waals surface area contributed by atoms with Crippen LogP contribution in [0.3, 0.4) is 0 Å². The molecular weight excluding hydrogens is 426 g/mol. The number of sulfonamides is 1. The topological polar surface area (TPSA) is 75.3 Å². The molecule has 2 N–H and O–H groups in total. The summed E-state index contributed by atoms with van der Waals surface area (Å²) in [5, 5.41) is 3.08. The highest BCUT2D eigenvalue weighted by Gasteiger charge is 2.24. The van der Waals surface area contributed by atoms with Crippen molar-refractivity contribution in [1.29, 1.82) is 0 Å². The molecule has 28 heavy (non-hydrogen) atoms. The average molecular weight is 445 g/mol. The Bertz CT molecular complexity index is 972. The SMILES string of the molecule is O=C(Nc1cc(Cl)cc(Cl)c1)c1cc(S(=O)(=O)NC2CCCCC2)ccc1F. The van der Waals surface area contributed by atoms with Crippen LogP contribution in [-0.2, 0) is 10.0 Å². The number of benzene rings is 2. The average Bonchev–Trinajstić information content (AvgIpc) is 2.61. The van der Waals surface area contributed by atoms with Gasteiger partial charge in [-0.1, -0.05) is 42.5 Å². The van der Waals surface area contributed by atoms with Gasteiger partial charge in [-0.3, -0.25) is 4.79 Å². The maximum atomic E-state index is 14.2. The molecule has 3 rings (SSSR count). The molecule has 2 aromatic carbocycles. The summed E-state index contributed by atoms with van der Waals surface area (Å²) in [4.78, 5) is 12.3. The zero-order chi connectivity index (χ0) is 20.3. The molecule has 1 aliphatic rings. The lowest BCUT2D eigenvalue weighted by Crippen LogP contribution is -2.36. The summed E-state index contributed by atoms with van der Waals surface area (Å²) in [6.45, 7) is 0. The molecule has 0 saturated heterocycles. The molecule has 2 aromatic rings. The summed E-state index contributed by atoms with van der Waals surface area (Å²) in [7, 11) is -3.86. The van der Waals surface area contributed by atoms with Gasteiger partial charge in [-0.25, -0.2) is 17.5 Å². The number of hydrogen-bond donors (Lipinski definition) is 2. The normalized spacial score (nSPS) is 15.4. The molecule has 1 fully saturated rings. The van der Waals surface area contributed by atoms with Gasteiger partial charge in [0.25, 0.3) is 5.91 Å². The van der Waals surface area contributed by atoms with E-state index in [4.69, 9.17) is 23.2 Å². The molecule has 1 aliphatic carbocycles. The Labute approximate surface area is 173 Å². The van der Waals surface area contributed by atoms with Crippen LogP contribution >= 0.6 is 23.2 Å². The molecule has 0 radical (unpaired) electrons. The van der Waals surface area contributed by atoms with Crippen molar-refractivity contribution < 1.29 is 17.6 Å². The fraction of sp³-hybridized carbons (Fsp3) is 0.316. The number of amides is 1. The summed E-state index contributed by atoms with van der Waals surface area (Å²) in [6, 6.07) is 7.40. The lowest BCUT2D eigenvalue weighted by molar-refractivity contribution is 0.102.